The highest BCUT2D eigenvalue weighted by molar-refractivity contribution is 6.06. The summed E-state index contributed by atoms with van der Waals surface area (Å²) < 4.78 is 1.81. The van der Waals surface area contributed by atoms with Gasteiger partial charge >= 0.3 is 0 Å². The van der Waals surface area contributed by atoms with Gasteiger partial charge in [0.1, 0.15) is 11.6 Å². The minimum Gasteiger partial charge on any atom is -0.344 e. The first kappa shape index (κ1) is 21.0. The van der Waals surface area contributed by atoms with E-state index in [2.05, 4.69) is 25.4 Å². The Labute approximate surface area is 181 Å². The predicted molar refractivity (Wildman–Crippen MR) is 117 cm³/mol. The summed E-state index contributed by atoms with van der Waals surface area (Å²) in [4.78, 5) is 40.2. The summed E-state index contributed by atoms with van der Waals surface area (Å²) in [6.45, 7) is 10.1. The highest BCUT2D eigenvalue weighted by Gasteiger charge is 2.37. The van der Waals surface area contributed by atoms with Gasteiger partial charge in [0.15, 0.2) is 5.65 Å². The van der Waals surface area contributed by atoms with E-state index in [0.717, 1.165) is 38.0 Å². The zero-order chi connectivity index (χ0) is 22.2. The van der Waals surface area contributed by atoms with Crippen LogP contribution in [0.3, 0.4) is 0 Å². The summed E-state index contributed by atoms with van der Waals surface area (Å²) in [5, 5.41) is 7.25. The highest BCUT2D eigenvalue weighted by Crippen LogP contribution is 2.25. The standard InChI is InChI=1S/C22H29N7O2/c1-5-29-13-14(10-25-29)16-12-24-19-17(26-16)15(11-23-19)20(30)27-18(22(2,3)4)21(31)28-8-6-7-9-28/h10-13,18H,5-9H2,1-4H3,(H,23,24)(H,27,30). The lowest BCUT2D eigenvalue weighted by molar-refractivity contribution is -0.134. The second-order valence-electron chi connectivity index (χ2n) is 9.04. The van der Waals surface area contributed by atoms with Crippen LogP contribution < -0.4 is 5.32 Å². The van der Waals surface area contributed by atoms with Crippen LogP contribution in [0.4, 0.5) is 0 Å². The molecule has 4 rings (SSSR count). The summed E-state index contributed by atoms with van der Waals surface area (Å²) in [6, 6.07) is -0.623. The number of nitrogens with zero attached hydrogens (tertiary/aromatic N) is 5. The summed E-state index contributed by atoms with van der Waals surface area (Å²) in [5.74, 6) is -0.369. The number of H-pyrrole nitrogens is 1. The number of rotatable bonds is 5. The third-order valence-corrected chi connectivity index (χ3v) is 5.68. The number of hydrogen-bond acceptors (Lipinski definition) is 5. The third-order valence-electron chi connectivity index (χ3n) is 5.68. The third kappa shape index (κ3) is 4.17. The number of nitrogens with one attached hydrogen (secondary N) is 2. The zero-order valence-corrected chi connectivity index (χ0v) is 18.5. The first-order valence-corrected chi connectivity index (χ1v) is 10.7. The second-order valence-corrected chi connectivity index (χ2v) is 9.04. The SMILES string of the molecule is CCn1cc(-c2cnc3[nH]cc(C(=O)NC(C(=O)N4CCCC4)C(C)(C)C)c3n2)cn1. The molecule has 164 valence electrons. The maximum atomic E-state index is 13.2. The van der Waals surface area contributed by atoms with Crippen LogP contribution in [0.2, 0.25) is 0 Å². The molecular formula is C22H29N7O2. The van der Waals surface area contributed by atoms with Crippen LogP contribution in [0.1, 0.15) is 50.9 Å². The number of fused-ring (bicyclic) bond motifs is 1. The number of aromatic nitrogens is 5. The maximum Gasteiger partial charge on any atom is 0.255 e. The number of likely N-dealkylation sites (tertiary alicyclic amines) is 1. The molecule has 3 aromatic rings. The van der Waals surface area contributed by atoms with Gasteiger partial charge in [-0.05, 0) is 25.2 Å². The molecule has 1 aliphatic heterocycles. The van der Waals surface area contributed by atoms with E-state index < -0.39 is 11.5 Å². The average molecular weight is 424 g/mol. The summed E-state index contributed by atoms with van der Waals surface area (Å²) in [6.07, 6.45) is 8.90. The molecule has 9 heteroatoms. The number of aryl methyl sites for hydroxylation is 1. The van der Waals surface area contributed by atoms with Gasteiger partial charge in [0.05, 0.1) is 23.7 Å². The Balaban J connectivity index is 1.63. The minimum atomic E-state index is -0.623. The van der Waals surface area contributed by atoms with Gasteiger partial charge in [-0.3, -0.25) is 14.3 Å². The Bertz CT molecular complexity index is 1100. The molecule has 1 aliphatic rings. The summed E-state index contributed by atoms with van der Waals surface area (Å²) in [5.41, 5.74) is 2.42. The van der Waals surface area contributed by atoms with E-state index in [9.17, 15) is 9.59 Å². The van der Waals surface area contributed by atoms with Crippen LogP contribution in [0.5, 0.6) is 0 Å². The first-order chi connectivity index (χ1) is 14.8. The van der Waals surface area contributed by atoms with Gasteiger partial charge in [-0.25, -0.2) is 9.97 Å². The Morgan fingerprint density at radius 1 is 1.23 bits per heavy atom. The van der Waals surface area contributed by atoms with E-state index in [4.69, 9.17) is 0 Å². The van der Waals surface area contributed by atoms with Crippen molar-refractivity contribution in [3.8, 4) is 11.3 Å². The number of amides is 2. The molecule has 0 spiro atoms. The molecule has 1 saturated heterocycles. The topological polar surface area (TPSA) is 109 Å². The van der Waals surface area contributed by atoms with Crippen LogP contribution in [-0.2, 0) is 11.3 Å². The number of hydrogen-bond donors (Lipinski definition) is 2. The fourth-order valence-corrected chi connectivity index (χ4v) is 3.85. The maximum absolute atomic E-state index is 13.2. The smallest absolute Gasteiger partial charge is 0.255 e. The monoisotopic (exact) mass is 423 g/mol. The van der Waals surface area contributed by atoms with Gasteiger partial charge in [0.2, 0.25) is 5.91 Å². The van der Waals surface area contributed by atoms with Crippen molar-refractivity contribution in [2.45, 2.75) is 53.1 Å². The molecule has 0 aromatic carbocycles. The predicted octanol–water partition coefficient (Wildman–Crippen LogP) is 2.61. The normalized spacial score (nSPS) is 15.4. The van der Waals surface area contributed by atoms with E-state index in [-0.39, 0.29) is 11.8 Å². The molecule has 2 amide bonds. The fourth-order valence-electron chi connectivity index (χ4n) is 3.85. The number of aromatic amines is 1. The lowest BCUT2D eigenvalue weighted by Crippen LogP contribution is -2.54. The summed E-state index contributed by atoms with van der Waals surface area (Å²) >= 11 is 0. The molecule has 0 aliphatic carbocycles. The van der Waals surface area contributed by atoms with Crippen molar-refractivity contribution in [3.63, 3.8) is 0 Å². The number of carbonyl (C=O) groups excluding carboxylic acids is 2. The van der Waals surface area contributed by atoms with Crippen LogP contribution in [-0.4, -0.2) is 60.6 Å². The van der Waals surface area contributed by atoms with Crippen molar-refractivity contribution < 1.29 is 9.59 Å². The van der Waals surface area contributed by atoms with E-state index in [0.29, 0.717) is 22.4 Å². The van der Waals surface area contributed by atoms with Gasteiger partial charge < -0.3 is 15.2 Å². The molecule has 2 N–H and O–H groups in total. The van der Waals surface area contributed by atoms with Gasteiger partial charge in [-0.1, -0.05) is 20.8 Å². The minimum absolute atomic E-state index is 0.0306. The lowest BCUT2D eigenvalue weighted by atomic mass is 9.85. The lowest BCUT2D eigenvalue weighted by Gasteiger charge is -2.33. The molecule has 9 nitrogen and oxygen atoms in total. The van der Waals surface area contributed by atoms with Crippen LogP contribution in [0.15, 0.2) is 24.8 Å². The van der Waals surface area contributed by atoms with Gasteiger partial charge in [-0.2, -0.15) is 5.10 Å². The Morgan fingerprint density at radius 3 is 2.61 bits per heavy atom. The summed E-state index contributed by atoms with van der Waals surface area (Å²) in [7, 11) is 0. The van der Waals surface area contributed by atoms with E-state index in [1.165, 1.54) is 0 Å². The fraction of sp³-hybridized carbons (Fsp3) is 0.500. The van der Waals surface area contributed by atoms with Crippen molar-refractivity contribution in [2.75, 3.05) is 13.1 Å². The van der Waals surface area contributed by atoms with Crippen molar-refractivity contribution >= 4 is 23.0 Å². The van der Waals surface area contributed by atoms with Crippen LogP contribution in [0.25, 0.3) is 22.4 Å². The van der Waals surface area contributed by atoms with E-state index >= 15 is 0 Å². The zero-order valence-electron chi connectivity index (χ0n) is 18.5. The van der Waals surface area contributed by atoms with Gasteiger partial charge in [-0.15, -0.1) is 0 Å². The van der Waals surface area contributed by atoms with Crippen LogP contribution >= 0.6 is 0 Å². The van der Waals surface area contributed by atoms with Gasteiger partial charge in [0.25, 0.3) is 5.91 Å². The highest BCUT2D eigenvalue weighted by atomic mass is 16.2. The van der Waals surface area contributed by atoms with Gasteiger partial charge in [0, 0.05) is 37.6 Å². The van der Waals surface area contributed by atoms with Crippen molar-refractivity contribution in [1.82, 2.24) is 34.9 Å². The van der Waals surface area contributed by atoms with E-state index in [1.807, 2.05) is 43.5 Å². The molecule has 0 saturated carbocycles. The van der Waals surface area contributed by atoms with Crippen molar-refractivity contribution in [2.24, 2.45) is 5.41 Å². The molecule has 31 heavy (non-hydrogen) atoms. The molecule has 1 fully saturated rings. The first-order valence-electron chi connectivity index (χ1n) is 10.7. The largest absolute Gasteiger partial charge is 0.344 e. The molecule has 1 unspecified atom stereocenters. The molecule has 1 atom stereocenters. The second kappa shape index (κ2) is 8.13. The molecule has 3 aromatic heterocycles. The number of carbonyl (C=O) groups is 2. The van der Waals surface area contributed by atoms with E-state index in [1.54, 1.807) is 18.6 Å². The Kier molecular flexibility index (Phi) is 5.51. The molecule has 4 heterocycles. The van der Waals surface area contributed by atoms with Crippen molar-refractivity contribution in [3.05, 3.63) is 30.4 Å². The molecular weight excluding hydrogens is 394 g/mol. The van der Waals surface area contributed by atoms with Crippen molar-refractivity contribution in [1.29, 1.82) is 0 Å². The van der Waals surface area contributed by atoms with Crippen LogP contribution in [0, 0.1) is 5.41 Å². The molecule has 0 bridgehead atoms. The Hall–Kier alpha value is -3.23. The molecule has 0 radical (unpaired) electrons. The average Bonchev–Trinajstić information content (AvgIpc) is 3.50. The quantitative estimate of drug-likeness (QED) is 0.656. The Morgan fingerprint density at radius 2 is 1.97 bits per heavy atom.